The maximum absolute atomic E-state index is 13.3. The minimum atomic E-state index is -1.31. The topological polar surface area (TPSA) is 108 Å². The molecule has 1 unspecified atom stereocenters. The highest BCUT2D eigenvalue weighted by molar-refractivity contribution is 5.92. The van der Waals surface area contributed by atoms with Crippen LogP contribution in [0.25, 0.3) is 11.3 Å². The molecule has 106 valence electrons. The minimum absolute atomic E-state index is 0.0736. The minimum Gasteiger partial charge on any atom is -0.476 e. The summed E-state index contributed by atoms with van der Waals surface area (Å²) in [5, 5.41) is 34.5. The average molecular weight is 281 g/mol. The van der Waals surface area contributed by atoms with Crippen molar-refractivity contribution in [3.05, 3.63) is 35.8 Å². The number of aliphatic hydroxyl groups excluding tert-OH is 2. The Kier molecular flexibility index (Phi) is 4.06. The number of carboxylic acid groups (broad SMARTS) is 1. The molecule has 2 rings (SSSR count). The fraction of sp³-hybridized carbons (Fsp3) is 0.250. The highest BCUT2D eigenvalue weighted by atomic mass is 19.1. The van der Waals surface area contributed by atoms with Crippen molar-refractivity contribution < 1.29 is 24.5 Å². The van der Waals surface area contributed by atoms with Crippen LogP contribution in [0, 0.1) is 5.82 Å². The van der Waals surface area contributed by atoms with Crippen molar-refractivity contribution in [2.24, 2.45) is 0 Å². The second-order valence-corrected chi connectivity index (χ2v) is 4.12. The van der Waals surface area contributed by atoms with Crippen LogP contribution in [0.3, 0.4) is 0 Å². The summed E-state index contributed by atoms with van der Waals surface area (Å²) in [6.07, 6.45) is -1.12. The highest BCUT2D eigenvalue weighted by Crippen LogP contribution is 2.23. The summed E-state index contributed by atoms with van der Waals surface area (Å²) in [5.74, 6) is -1.84. The van der Waals surface area contributed by atoms with Gasteiger partial charge in [0.1, 0.15) is 11.5 Å². The fourth-order valence-electron chi connectivity index (χ4n) is 1.76. The smallest absolute Gasteiger partial charge is 0.358 e. The van der Waals surface area contributed by atoms with Gasteiger partial charge < -0.3 is 15.3 Å². The first-order valence-corrected chi connectivity index (χ1v) is 5.74. The molecule has 0 saturated carbocycles. The summed E-state index contributed by atoms with van der Waals surface area (Å²) in [5.41, 5.74) is 0.00257. The van der Waals surface area contributed by atoms with Crippen molar-refractivity contribution in [1.29, 1.82) is 0 Å². The van der Waals surface area contributed by atoms with E-state index in [0.717, 1.165) is 10.7 Å². The van der Waals surface area contributed by atoms with Gasteiger partial charge in [-0.3, -0.25) is 0 Å². The first-order valence-electron chi connectivity index (χ1n) is 5.74. The van der Waals surface area contributed by atoms with E-state index in [4.69, 9.17) is 10.2 Å². The Labute approximate surface area is 112 Å². The largest absolute Gasteiger partial charge is 0.476 e. The van der Waals surface area contributed by atoms with E-state index >= 15 is 0 Å². The number of hydrogen-bond donors (Lipinski definition) is 3. The second kappa shape index (κ2) is 5.76. The number of halogens is 1. The van der Waals surface area contributed by atoms with Gasteiger partial charge in [0.15, 0.2) is 5.69 Å². The molecule has 3 N–H and O–H groups in total. The van der Waals surface area contributed by atoms with Crippen molar-refractivity contribution in [3.63, 3.8) is 0 Å². The van der Waals surface area contributed by atoms with Gasteiger partial charge >= 0.3 is 5.97 Å². The quantitative estimate of drug-likeness (QED) is 0.719. The Bertz CT molecular complexity index is 629. The number of aliphatic hydroxyl groups is 2. The van der Waals surface area contributed by atoms with Gasteiger partial charge in [0, 0.05) is 5.56 Å². The lowest BCUT2D eigenvalue weighted by Crippen LogP contribution is -2.21. The molecule has 0 aliphatic heterocycles. The SMILES string of the molecule is O=C(O)c1nnn(CC(O)CO)c1-c1cccc(F)c1. The molecular weight excluding hydrogens is 269 g/mol. The van der Waals surface area contributed by atoms with Gasteiger partial charge in [-0.2, -0.15) is 0 Å². The highest BCUT2D eigenvalue weighted by Gasteiger charge is 2.22. The number of nitrogens with zero attached hydrogens (tertiary/aromatic N) is 3. The summed E-state index contributed by atoms with van der Waals surface area (Å²) < 4.78 is 14.4. The lowest BCUT2D eigenvalue weighted by atomic mass is 10.1. The molecule has 2 aromatic rings. The third kappa shape index (κ3) is 2.81. The molecule has 0 spiro atoms. The van der Waals surface area contributed by atoms with Gasteiger partial charge in [-0.05, 0) is 12.1 Å². The molecule has 20 heavy (non-hydrogen) atoms. The zero-order valence-corrected chi connectivity index (χ0v) is 10.3. The van der Waals surface area contributed by atoms with Crippen LogP contribution in [0.2, 0.25) is 0 Å². The molecule has 0 fully saturated rings. The van der Waals surface area contributed by atoms with Gasteiger partial charge in [-0.1, -0.05) is 17.3 Å². The Morgan fingerprint density at radius 1 is 1.45 bits per heavy atom. The van der Waals surface area contributed by atoms with Crippen molar-refractivity contribution in [2.75, 3.05) is 6.61 Å². The molecule has 0 bridgehead atoms. The molecule has 8 heteroatoms. The van der Waals surface area contributed by atoms with E-state index in [1.54, 1.807) is 0 Å². The second-order valence-electron chi connectivity index (χ2n) is 4.12. The summed E-state index contributed by atoms with van der Waals surface area (Å²) in [6.45, 7) is -0.659. The van der Waals surface area contributed by atoms with Crippen LogP contribution in [0.4, 0.5) is 4.39 Å². The van der Waals surface area contributed by atoms with E-state index in [-0.39, 0.29) is 23.5 Å². The Morgan fingerprint density at radius 3 is 2.80 bits per heavy atom. The number of aromatic nitrogens is 3. The Hall–Kier alpha value is -2.32. The van der Waals surface area contributed by atoms with Crippen molar-refractivity contribution >= 4 is 5.97 Å². The zero-order valence-electron chi connectivity index (χ0n) is 10.3. The number of carbonyl (C=O) groups is 1. The first kappa shape index (κ1) is 14.1. The monoisotopic (exact) mass is 281 g/mol. The lowest BCUT2D eigenvalue weighted by molar-refractivity contribution is 0.0690. The van der Waals surface area contributed by atoms with Crippen LogP contribution in [0.1, 0.15) is 10.5 Å². The van der Waals surface area contributed by atoms with Crippen molar-refractivity contribution in [3.8, 4) is 11.3 Å². The summed E-state index contributed by atoms with van der Waals surface area (Å²) in [7, 11) is 0. The lowest BCUT2D eigenvalue weighted by Gasteiger charge is -2.10. The van der Waals surface area contributed by atoms with E-state index in [2.05, 4.69) is 10.3 Å². The summed E-state index contributed by atoms with van der Waals surface area (Å²) in [6, 6.07) is 5.31. The molecule has 7 nitrogen and oxygen atoms in total. The molecule has 1 aromatic heterocycles. The number of rotatable bonds is 5. The van der Waals surface area contributed by atoms with Gasteiger partial charge in [0.2, 0.25) is 0 Å². The molecule has 0 amide bonds. The van der Waals surface area contributed by atoms with Crippen LogP contribution >= 0.6 is 0 Å². The van der Waals surface area contributed by atoms with Crippen LogP contribution in [0.15, 0.2) is 24.3 Å². The molecule has 1 atom stereocenters. The van der Waals surface area contributed by atoms with Crippen LogP contribution in [0.5, 0.6) is 0 Å². The van der Waals surface area contributed by atoms with Gasteiger partial charge in [0.25, 0.3) is 0 Å². The van der Waals surface area contributed by atoms with Crippen LogP contribution < -0.4 is 0 Å². The van der Waals surface area contributed by atoms with Gasteiger partial charge in [0.05, 0.1) is 19.3 Å². The maximum atomic E-state index is 13.3. The predicted molar refractivity (Wildman–Crippen MR) is 65.5 cm³/mol. The summed E-state index contributed by atoms with van der Waals surface area (Å²) in [4.78, 5) is 11.1. The fourth-order valence-corrected chi connectivity index (χ4v) is 1.76. The van der Waals surface area contributed by atoms with Crippen LogP contribution in [-0.2, 0) is 6.54 Å². The number of benzene rings is 1. The Morgan fingerprint density at radius 2 is 2.20 bits per heavy atom. The van der Waals surface area contributed by atoms with E-state index in [1.165, 1.54) is 18.2 Å². The Balaban J connectivity index is 2.52. The standard InChI is InChI=1S/C12H12FN3O4/c13-8-3-1-2-7(4-8)11-10(12(19)20)14-15-16(11)5-9(18)6-17/h1-4,9,17-18H,5-6H2,(H,19,20). The van der Waals surface area contributed by atoms with E-state index in [0.29, 0.717) is 0 Å². The van der Waals surface area contributed by atoms with E-state index < -0.39 is 24.5 Å². The zero-order chi connectivity index (χ0) is 14.7. The van der Waals surface area contributed by atoms with Crippen molar-refractivity contribution in [1.82, 2.24) is 15.0 Å². The van der Waals surface area contributed by atoms with Crippen molar-refractivity contribution in [2.45, 2.75) is 12.6 Å². The third-order valence-electron chi connectivity index (χ3n) is 2.63. The van der Waals surface area contributed by atoms with E-state index in [1.807, 2.05) is 0 Å². The molecule has 0 aliphatic carbocycles. The molecule has 1 aromatic carbocycles. The van der Waals surface area contributed by atoms with Gasteiger partial charge in [-0.25, -0.2) is 13.9 Å². The number of carboxylic acids is 1. The van der Waals surface area contributed by atoms with Crippen LogP contribution in [-0.4, -0.2) is 49.0 Å². The number of aromatic carboxylic acids is 1. The number of hydrogen-bond acceptors (Lipinski definition) is 5. The first-order chi connectivity index (χ1) is 9.52. The molecular formula is C12H12FN3O4. The average Bonchev–Trinajstić information content (AvgIpc) is 2.82. The molecule has 1 heterocycles. The van der Waals surface area contributed by atoms with E-state index in [9.17, 15) is 14.3 Å². The third-order valence-corrected chi connectivity index (χ3v) is 2.63. The van der Waals surface area contributed by atoms with Gasteiger partial charge in [-0.15, -0.1) is 5.10 Å². The predicted octanol–water partition coefficient (Wildman–Crippen LogP) is 0.136. The molecule has 0 saturated heterocycles. The molecule has 0 radical (unpaired) electrons. The molecule has 0 aliphatic rings. The summed E-state index contributed by atoms with van der Waals surface area (Å²) >= 11 is 0. The normalized spacial score (nSPS) is 12.3. The maximum Gasteiger partial charge on any atom is 0.358 e.